The predicted molar refractivity (Wildman–Crippen MR) is 105 cm³/mol. The summed E-state index contributed by atoms with van der Waals surface area (Å²) in [6.07, 6.45) is -8.83. The Hall–Kier alpha value is -3.02. The average Bonchev–Trinajstić information content (AvgIpc) is 2.72. The fourth-order valence-corrected chi connectivity index (χ4v) is 3.17. The summed E-state index contributed by atoms with van der Waals surface area (Å²) >= 11 is 0. The molecule has 0 spiro atoms. The average molecular weight is 418 g/mol. The highest BCUT2D eigenvalue weighted by Crippen LogP contribution is 2.29. The molecule has 0 bridgehead atoms. The van der Waals surface area contributed by atoms with Crippen LogP contribution in [-0.2, 0) is 14.3 Å². The molecule has 0 aromatic heterocycles. The summed E-state index contributed by atoms with van der Waals surface area (Å²) < 4.78 is 5.10. The standard InChI is InChI=1S/C20H22N2O8/c1-10(23)21-13-6-2-11(3-7-13)12-4-8-14(9-5-12)22(29)19-17(26)15(24)16(25)18(30-19)20(27)28/h2-9,15-19,24-26,29H,1H3,(H,21,23)(H,27,28)/t15-,16-,17+,18-,19?/m0/s1. The number of hydrogen-bond acceptors (Lipinski definition) is 8. The number of aliphatic hydroxyl groups excluding tert-OH is 3. The molecule has 0 radical (unpaired) electrons. The number of carboxylic acid groups (broad SMARTS) is 1. The number of nitrogens with zero attached hydrogens (tertiary/aromatic N) is 1. The Balaban J connectivity index is 1.76. The van der Waals surface area contributed by atoms with Crippen molar-refractivity contribution in [1.29, 1.82) is 0 Å². The van der Waals surface area contributed by atoms with E-state index in [1.807, 2.05) is 0 Å². The molecule has 3 rings (SSSR count). The van der Waals surface area contributed by atoms with Crippen LogP contribution in [0, 0.1) is 0 Å². The molecule has 0 aliphatic carbocycles. The molecule has 160 valence electrons. The first-order valence-electron chi connectivity index (χ1n) is 9.07. The number of benzene rings is 2. The lowest BCUT2D eigenvalue weighted by atomic mass is 9.97. The van der Waals surface area contributed by atoms with E-state index in [0.717, 1.165) is 11.1 Å². The Labute approximate surface area is 171 Å². The maximum atomic E-state index is 11.2. The summed E-state index contributed by atoms with van der Waals surface area (Å²) in [5.74, 6) is -1.71. The summed E-state index contributed by atoms with van der Waals surface area (Å²) in [5.41, 5.74) is 2.47. The fraction of sp³-hybridized carbons (Fsp3) is 0.300. The van der Waals surface area contributed by atoms with Crippen molar-refractivity contribution in [3.8, 4) is 11.1 Å². The Morgan fingerprint density at radius 1 is 0.900 bits per heavy atom. The van der Waals surface area contributed by atoms with E-state index >= 15 is 0 Å². The smallest absolute Gasteiger partial charge is 0.335 e. The molecule has 6 N–H and O–H groups in total. The lowest BCUT2D eigenvalue weighted by Gasteiger charge is -2.41. The van der Waals surface area contributed by atoms with Crippen LogP contribution in [0.25, 0.3) is 11.1 Å². The largest absolute Gasteiger partial charge is 0.479 e. The number of nitrogens with one attached hydrogen (secondary N) is 1. The highest BCUT2D eigenvalue weighted by Gasteiger charge is 2.49. The molecule has 1 aliphatic heterocycles. The monoisotopic (exact) mass is 418 g/mol. The number of hydrogen-bond donors (Lipinski definition) is 6. The lowest BCUT2D eigenvalue weighted by molar-refractivity contribution is -0.237. The number of hydroxylamine groups is 1. The molecule has 1 heterocycles. The minimum absolute atomic E-state index is 0.172. The summed E-state index contributed by atoms with van der Waals surface area (Å²) in [5, 5.41) is 52.4. The van der Waals surface area contributed by atoms with E-state index in [1.54, 1.807) is 36.4 Å². The highest BCUT2D eigenvalue weighted by atomic mass is 16.6. The zero-order chi connectivity index (χ0) is 22.0. The molecule has 1 saturated heterocycles. The van der Waals surface area contributed by atoms with Crippen LogP contribution >= 0.6 is 0 Å². The molecule has 5 atom stereocenters. The molecule has 1 unspecified atom stereocenters. The molecule has 10 nitrogen and oxygen atoms in total. The first kappa shape index (κ1) is 21.7. The van der Waals surface area contributed by atoms with E-state index in [1.165, 1.54) is 19.1 Å². The molecule has 1 aliphatic rings. The lowest BCUT2D eigenvalue weighted by Crippen LogP contribution is -2.63. The van der Waals surface area contributed by atoms with Gasteiger partial charge in [-0.05, 0) is 35.4 Å². The van der Waals surface area contributed by atoms with E-state index in [4.69, 9.17) is 9.84 Å². The first-order valence-corrected chi connectivity index (χ1v) is 9.07. The van der Waals surface area contributed by atoms with Gasteiger partial charge in [-0.1, -0.05) is 24.3 Å². The number of carbonyl (C=O) groups is 2. The van der Waals surface area contributed by atoms with Crippen LogP contribution in [0.3, 0.4) is 0 Å². The van der Waals surface area contributed by atoms with Gasteiger partial charge in [-0.2, -0.15) is 0 Å². The van der Waals surface area contributed by atoms with Gasteiger partial charge in [-0.3, -0.25) is 10.0 Å². The summed E-state index contributed by atoms with van der Waals surface area (Å²) in [6, 6.07) is 13.5. The van der Waals surface area contributed by atoms with Gasteiger partial charge in [0.25, 0.3) is 0 Å². The Bertz CT molecular complexity index is 902. The van der Waals surface area contributed by atoms with Crippen LogP contribution < -0.4 is 10.4 Å². The minimum Gasteiger partial charge on any atom is -0.479 e. The molecular weight excluding hydrogens is 396 g/mol. The molecule has 1 fully saturated rings. The van der Waals surface area contributed by atoms with Gasteiger partial charge in [0.15, 0.2) is 12.3 Å². The van der Waals surface area contributed by atoms with Crippen molar-refractivity contribution in [1.82, 2.24) is 0 Å². The minimum atomic E-state index is -1.84. The topological polar surface area (TPSA) is 160 Å². The van der Waals surface area contributed by atoms with Crippen molar-refractivity contribution in [2.45, 2.75) is 37.6 Å². The number of carboxylic acids is 1. The van der Waals surface area contributed by atoms with Gasteiger partial charge in [-0.25, -0.2) is 9.86 Å². The van der Waals surface area contributed by atoms with Crippen molar-refractivity contribution < 1.29 is 40.0 Å². The number of aliphatic carboxylic acids is 1. The van der Waals surface area contributed by atoms with Gasteiger partial charge < -0.3 is 30.5 Å². The summed E-state index contributed by atoms with van der Waals surface area (Å²) in [6.45, 7) is 1.42. The van der Waals surface area contributed by atoms with Crippen molar-refractivity contribution >= 4 is 23.3 Å². The molecular formula is C20H22N2O8. The quantitative estimate of drug-likeness (QED) is 0.378. The third-order valence-corrected chi connectivity index (χ3v) is 4.74. The normalized spacial score (nSPS) is 26.1. The number of carbonyl (C=O) groups excluding carboxylic acids is 1. The SMILES string of the molecule is CC(=O)Nc1ccc(-c2ccc(N(O)C3O[C@H](C(=O)O)[C@@H](O)[C@H](O)[C@H]3O)cc2)cc1. The third-order valence-electron chi connectivity index (χ3n) is 4.74. The number of rotatable bonds is 5. The van der Waals surface area contributed by atoms with Crippen molar-refractivity contribution in [2.24, 2.45) is 0 Å². The van der Waals surface area contributed by atoms with Crippen LogP contribution in [0.5, 0.6) is 0 Å². The first-order chi connectivity index (χ1) is 14.2. The van der Waals surface area contributed by atoms with E-state index < -0.39 is 36.6 Å². The summed E-state index contributed by atoms with van der Waals surface area (Å²) in [4.78, 5) is 22.3. The predicted octanol–water partition coefficient (Wildman–Crippen LogP) is 0.400. The van der Waals surface area contributed by atoms with Crippen molar-refractivity contribution in [3.05, 3.63) is 48.5 Å². The molecule has 1 amide bonds. The number of anilines is 2. The zero-order valence-electron chi connectivity index (χ0n) is 15.9. The Kier molecular flexibility index (Phi) is 6.34. The van der Waals surface area contributed by atoms with Crippen LogP contribution in [0.2, 0.25) is 0 Å². The van der Waals surface area contributed by atoms with Crippen molar-refractivity contribution in [3.63, 3.8) is 0 Å². The Morgan fingerprint density at radius 3 is 1.93 bits per heavy atom. The molecule has 30 heavy (non-hydrogen) atoms. The number of amides is 1. The molecule has 2 aromatic carbocycles. The fourth-order valence-electron chi connectivity index (χ4n) is 3.17. The second-order valence-electron chi connectivity index (χ2n) is 6.91. The van der Waals surface area contributed by atoms with Gasteiger partial charge in [0.2, 0.25) is 5.91 Å². The van der Waals surface area contributed by atoms with Gasteiger partial charge in [0.05, 0.1) is 5.69 Å². The molecule has 10 heteroatoms. The molecule has 0 saturated carbocycles. The van der Waals surface area contributed by atoms with Crippen LogP contribution in [0.1, 0.15) is 6.92 Å². The van der Waals surface area contributed by atoms with Crippen LogP contribution in [-0.4, -0.2) is 68.2 Å². The molecule has 2 aromatic rings. The van der Waals surface area contributed by atoms with E-state index in [-0.39, 0.29) is 11.6 Å². The highest BCUT2D eigenvalue weighted by molar-refractivity contribution is 5.89. The van der Waals surface area contributed by atoms with Gasteiger partial charge in [0.1, 0.15) is 18.3 Å². The van der Waals surface area contributed by atoms with Gasteiger partial charge in [-0.15, -0.1) is 0 Å². The van der Waals surface area contributed by atoms with Gasteiger partial charge in [0, 0.05) is 12.6 Å². The third kappa shape index (κ3) is 4.42. The maximum Gasteiger partial charge on any atom is 0.335 e. The van der Waals surface area contributed by atoms with Gasteiger partial charge >= 0.3 is 5.97 Å². The van der Waals surface area contributed by atoms with Crippen LogP contribution in [0.4, 0.5) is 11.4 Å². The number of aliphatic hydroxyl groups is 3. The summed E-state index contributed by atoms with van der Waals surface area (Å²) in [7, 11) is 0. The van der Waals surface area contributed by atoms with Crippen LogP contribution in [0.15, 0.2) is 48.5 Å². The Morgan fingerprint density at radius 2 is 1.43 bits per heavy atom. The zero-order valence-corrected chi connectivity index (χ0v) is 15.9. The van der Waals surface area contributed by atoms with E-state index in [0.29, 0.717) is 10.8 Å². The maximum absolute atomic E-state index is 11.2. The number of ether oxygens (including phenoxy) is 1. The van der Waals surface area contributed by atoms with E-state index in [9.17, 15) is 30.1 Å². The second-order valence-corrected chi connectivity index (χ2v) is 6.91. The van der Waals surface area contributed by atoms with E-state index in [2.05, 4.69) is 5.32 Å². The second kappa shape index (κ2) is 8.78. The van der Waals surface area contributed by atoms with Crippen molar-refractivity contribution in [2.75, 3.05) is 10.4 Å².